The van der Waals surface area contributed by atoms with Gasteiger partial charge in [0.2, 0.25) is 0 Å². The van der Waals surface area contributed by atoms with Gasteiger partial charge in [-0.05, 0) is 42.3 Å². The minimum atomic E-state index is -0.621. The van der Waals surface area contributed by atoms with E-state index in [0.717, 1.165) is 28.5 Å². The van der Waals surface area contributed by atoms with Gasteiger partial charge in [-0.2, -0.15) is 0 Å². The van der Waals surface area contributed by atoms with E-state index in [1.54, 1.807) is 18.2 Å². The molecule has 7 heteroatoms. The average molecular weight is 360 g/mol. The highest BCUT2D eigenvalue weighted by molar-refractivity contribution is 6.30. The lowest BCUT2D eigenvalue weighted by atomic mass is 10.1. The number of fused-ring (bicyclic) bond motifs is 1. The maximum absolute atomic E-state index is 10.8. The summed E-state index contributed by atoms with van der Waals surface area (Å²) in [4.78, 5) is 13.5. The topological polar surface area (TPSA) is 91.2 Å². The van der Waals surface area contributed by atoms with Crippen molar-refractivity contribution >= 4 is 28.2 Å². The van der Waals surface area contributed by atoms with Crippen LogP contribution < -0.4 is 5.32 Å². The summed E-state index contributed by atoms with van der Waals surface area (Å²) < 4.78 is 0. The van der Waals surface area contributed by atoms with Crippen molar-refractivity contribution in [3.63, 3.8) is 0 Å². The number of halogens is 1. The number of aliphatic hydroxyl groups is 1. The van der Waals surface area contributed by atoms with Crippen LogP contribution in [0.5, 0.6) is 0 Å². The van der Waals surface area contributed by atoms with E-state index in [1.807, 2.05) is 18.3 Å². The summed E-state index contributed by atoms with van der Waals surface area (Å²) in [5.74, 6) is 0. The van der Waals surface area contributed by atoms with Gasteiger partial charge in [0.15, 0.2) is 0 Å². The molecule has 3 N–H and O–H groups in total. The second-order valence-corrected chi connectivity index (χ2v) is 6.26. The van der Waals surface area contributed by atoms with Crippen molar-refractivity contribution in [1.29, 1.82) is 0 Å². The molecule has 25 heavy (non-hydrogen) atoms. The molecule has 0 aliphatic heterocycles. The Morgan fingerprint density at radius 1 is 1.28 bits per heavy atom. The third-order valence-corrected chi connectivity index (χ3v) is 4.34. The fourth-order valence-electron chi connectivity index (χ4n) is 2.79. The number of rotatable bonds is 7. The second-order valence-electron chi connectivity index (χ2n) is 5.83. The van der Waals surface area contributed by atoms with E-state index in [2.05, 4.69) is 10.3 Å². The molecule has 1 unspecified atom stereocenters. The SMILES string of the molecule is O=[N+]([O-])c1ccc2c(CCNCC(O)c3cccc(Cl)c3)c[nH]c2c1. The number of hydrogen-bond acceptors (Lipinski definition) is 4. The fourth-order valence-corrected chi connectivity index (χ4v) is 2.99. The van der Waals surface area contributed by atoms with Crippen LogP contribution in [0.2, 0.25) is 5.02 Å². The van der Waals surface area contributed by atoms with E-state index in [9.17, 15) is 15.2 Å². The summed E-state index contributed by atoms with van der Waals surface area (Å²) in [5.41, 5.74) is 2.68. The lowest BCUT2D eigenvalue weighted by Crippen LogP contribution is -2.23. The normalized spacial score (nSPS) is 12.4. The molecule has 1 atom stereocenters. The minimum Gasteiger partial charge on any atom is -0.387 e. The Morgan fingerprint density at radius 2 is 2.12 bits per heavy atom. The molecule has 2 aromatic carbocycles. The predicted octanol–water partition coefficient (Wildman–Crippen LogP) is 3.60. The van der Waals surface area contributed by atoms with Gasteiger partial charge in [0, 0.05) is 35.3 Å². The molecular weight excluding hydrogens is 342 g/mol. The Kier molecular flexibility index (Phi) is 5.33. The number of non-ortho nitro benzene ring substituents is 1. The van der Waals surface area contributed by atoms with Crippen molar-refractivity contribution < 1.29 is 10.0 Å². The van der Waals surface area contributed by atoms with E-state index in [1.165, 1.54) is 12.1 Å². The number of nitrogens with one attached hydrogen (secondary N) is 2. The van der Waals surface area contributed by atoms with Crippen LogP contribution in [-0.2, 0) is 6.42 Å². The maximum atomic E-state index is 10.8. The number of aliphatic hydroxyl groups excluding tert-OH is 1. The Labute approximate surface area is 149 Å². The van der Waals surface area contributed by atoms with Crippen LogP contribution in [0.15, 0.2) is 48.7 Å². The van der Waals surface area contributed by atoms with Crippen molar-refractivity contribution in [3.8, 4) is 0 Å². The molecule has 0 bridgehead atoms. The minimum absolute atomic E-state index is 0.0728. The molecule has 0 saturated heterocycles. The monoisotopic (exact) mass is 359 g/mol. The Balaban J connectivity index is 1.55. The first kappa shape index (κ1) is 17.4. The van der Waals surface area contributed by atoms with Crippen molar-refractivity contribution in [3.05, 3.63) is 74.9 Å². The Morgan fingerprint density at radius 3 is 2.88 bits per heavy atom. The van der Waals surface area contributed by atoms with Gasteiger partial charge >= 0.3 is 0 Å². The average Bonchev–Trinajstić information content (AvgIpc) is 3.00. The van der Waals surface area contributed by atoms with E-state index >= 15 is 0 Å². The van der Waals surface area contributed by atoms with Gasteiger partial charge in [-0.15, -0.1) is 0 Å². The molecule has 0 aliphatic carbocycles. The highest BCUT2D eigenvalue weighted by atomic mass is 35.5. The molecule has 0 fully saturated rings. The van der Waals surface area contributed by atoms with Gasteiger partial charge in [-0.1, -0.05) is 23.7 Å². The number of nitrogens with zero attached hydrogens (tertiary/aromatic N) is 1. The van der Waals surface area contributed by atoms with Crippen LogP contribution in [0.3, 0.4) is 0 Å². The van der Waals surface area contributed by atoms with E-state index in [4.69, 9.17) is 11.6 Å². The first-order valence-corrected chi connectivity index (χ1v) is 8.31. The Hall–Kier alpha value is -2.41. The Bertz CT molecular complexity index is 894. The first-order valence-electron chi connectivity index (χ1n) is 7.93. The van der Waals surface area contributed by atoms with Crippen LogP contribution in [-0.4, -0.2) is 28.1 Å². The van der Waals surface area contributed by atoms with E-state index in [0.29, 0.717) is 18.1 Å². The zero-order valence-corrected chi connectivity index (χ0v) is 14.2. The molecule has 130 valence electrons. The molecule has 0 amide bonds. The summed E-state index contributed by atoms with van der Waals surface area (Å²) in [5, 5.41) is 25.8. The van der Waals surface area contributed by atoms with E-state index < -0.39 is 11.0 Å². The van der Waals surface area contributed by atoms with Crippen molar-refractivity contribution in [1.82, 2.24) is 10.3 Å². The number of H-pyrrole nitrogens is 1. The quantitative estimate of drug-likeness (QED) is 0.341. The largest absolute Gasteiger partial charge is 0.387 e. The van der Waals surface area contributed by atoms with E-state index in [-0.39, 0.29) is 5.69 Å². The number of aromatic nitrogens is 1. The van der Waals surface area contributed by atoms with Crippen molar-refractivity contribution in [2.75, 3.05) is 13.1 Å². The molecule has 1 heterocycles. The number of nitro groups is 1. The second kappa shape index (κ2) is 7.65. The molecule has 0 aliphatic rings. The van der Waals surface area contributed by atoms with Crippen LogP contribution in [0.1, 0.15) is 17.2 Å². The van der Waals surface area contributed by atoms with Crippen LogP contribution in [0.4, 0.5) is 5.69 Å². The molecule has 3 rings (SSSR count). The van der Waals surface area contributed by atoms with Gasteiger partial charge in [0.05, 0.1) is 16.5 Å². The third kappa shape index (κ3) is 4.17. The molecule has 0 spiro atoms. The van der Waals surface area contributed by atoms with Gasteiger partial charge in [-0.3, -0.25) is 10.1 Å². The lowest BCUT2D eigenvalue weighted by molar-refractivity contribution is -0.384. The van der Waals surface area contributed by atoms with Crippen LogP contribution in [0.25, 0.3) is 10.9 Å². The van der Waals surface area contributed by atoms with Crippen molar-refractivity contribution in [2.45, 2.75) is 12.5 Å². The van der Waals surface area contributed by atoms with Crippen LogP contribution in [0, 0.1) is 10.1 Å². The highest BCUT2D eigenvalue weighted by Crippen LogP contribution is 2.23. The molecule has 0 saturated carbocycles. The smallest absolute Gasteiger partial charge is 0.271 e. The molecular formula is C18H18ClN3O3. The summed E-state index contributed by atoms with van der Waals surface area (Å²) in [7, 11) is 0. The number of hydrogen-bond donors (Lipinski definition) is 3. The summed E-state index contributed by atoms with van der Waals surface area (Å²) in [6.45, 7) is 1.11. The van der Waals surface area contributed by atoms with Crippen molar-refractivity contribution in [2.24, 2.45) is 0 Å². The summed E-state index contributed by atoms with van der Waals surface area (Å²) in [6, 6.07) is 12.0. The fraction of sp³-hybridized carbons (Fsp3) is 0.222. The summed E-state index contributed by atoms with van der Waals surface area (Å²) >= 11 is 5.93. The molecule has 3 aromatic rings. The van der Waals surface area contributed by atoms with Gasteiger partial charge in [-0.25, -0.2) is 0 Å². The number of benzene rings is 2. The number of nitro benzene ring substituents is 1. The van der Waals surface area contributed by atoms with Crippen LogP contribution >= 0.6 is 11.6 Å². The number of aromatic amines is 1. The first-order chi connectivity index (χ1) is 12.0. The third-order valence-electron chi connectivity index (χ3n) is 4.10. The predicted molar refractivity (Wildman–Crippen MR) is 97.9 cm³/mol. The zero-order chi connectivity index (χ0) is 17.8. The van der Waals surface area contributed by atoms with Gasteiger partial charge < -0.3 is 15.4 Å². The molecule has 6 nitrogen and oxygen atoms in total. The zero-order valence-electron chi connectivity index (χ0n) is 13.4. The lowest BCUT2D eigenvalue weighted by Gasteiger charge is -2.12. The van der Waals surface area contributed by atoms with Gasteiger partial charge in [0.1, 0.15) is 0 Å². The van der Waals surface area contributed by atoms with Gasteiger partial charge in [0.25, 0.3) is 5.69 Å². The standard InChI is InChI=1S/C18H18ClN3O3/c19-14-3-1-2-12(8-14)18(23)11-20-7-6-13-10-21-17-9-15(22(24)25)4-5-16(13)17/h1-5,8-10,18,20-21,23H,6-7,11H2. The maximum Gasteiger partial charge on any atom is 0.271 e. The summed E-state index contributed by atoms with van der Waals surface area (Å²) in [6.07, 6.45) is 1.99. The molecule has 1 aromatic heterocycles. The highest BCUT2D eigenvalue weighted by Gasteiger charge is 2.11. The molecule has 0 radical (unpaired) electrons.